The number of aliphatic hydroxyl groups excluding tert-OH is 1. The maximum absolute atomic E-state index is 8.88. The van der Waals surface area contributed by atoms with Crippen molar-refractivity contribution in [2.24, 2.45) is 5.92 Å². The summed E-state index contributed by atoms with van der Waals surface area (Å²) in [5.41, 5.74) is 0. The molecule has 0 bridgehead atoms. The third-order valence-corrected chi connectivity index (χ3v) is 3.90. The number of piperidine rings is 1. The SMILES string of the molecule is CCN1CCC(C(C)NC(C)CCO)CC1. The highest BCUT2D eigenvalue weighted by Crippen LogP contribution is 2.20. The van der Waals surface area contributed by atoms with Gasteiger partial charge in [-0.2, -0.15) is 0 Å². The van der Waals surface area contributed by atoms with Crippen LogP contribution < -0.4 is 5.32 Å². The van der Waals surface area contributed by atoms with Crippen LogP contribution in [-0.2, 0) is 0 Å². The second-order valence-electron chi connectivity index (χ2n) is 5.14. The molecule has 1 heterocycles. The largest absolute Gasteiger partial charge is 0.396 e. The van der Waals surface area contributed by atoms with Crippen molar-refractivity contribution in [1.82, 2.24) is 10.2 Å². The molecule has 0 saturated carbocycles. The molecule has 0 aromatic rings. The van der Waals surface area contributed by atoms with Crippen LogP contribution in [0.3, 0.4) is 0 Å². The number of hydrogen-bond acceptors (Lipinski definition) is 3. The van der Waals surface area contributed by atoms with Gasteiger partial charge >= 0.3 is 0 Å². The summed E-state index contributed by atoms with van der Waals surface area (Å²) >= 11 is 0. The standard InChI is InChI=1S/C13H28N2O/c1-4-15-8-5-13(6-9-15)12(3)14-11(2)7-10-16/h11-14,16H,4-10H2,1-3H3. The van der Waals surface area contributed by atoms with Gasteiger partial charge in [0.25, 0.3) is 0 Å². The van der Waals surface area contributed by atoms with Crippen molar-refractivity contribution < 1.29 is 5.11 Å². The summed E-state index contributed by atoms with van der Waals surface area (Å²) in [5.74, 6) is 0.809. The highest BCUT2D eigenvalue weighted by molar-refractivity contribution is 4.80. The first kappa shape index (κ1) is 13.9. The second-order valence-corrected chi connectivity index (χ2v) is 5.14. The van der Waals surface area contributed by atoms with Crippen molar-refractivity contribution in [3.8, 4) is 0 Å². The van der Waals surface area contributed by atoms with Gasteiger partial charge in [0.05, 0.1) is 0 Å². The lowest BCUT2D eigenvalue weighted by Crippen LogP contribution is -2.44. The van der Waals surface area contributed by atoms with Gasteiger partial charge in [-0.05, 0) is 58.7 Å². The molecule has 1 aliphatic heterocycles. The van der Waals surface area contributed by atoms with Crippen LogP contribution in [0.1, 0.15) is 40.0 Å². The van der Waals surface area contributed by atoms with Crippen molar-refractivity contribution in [3.05, 3.63) is 0 Å². The van der Waals surface area contributed by atoms with E-state index in [4.69, 9.17) is 5.11 Å². The maximum atomic E-state index is 8.88. The van der Waals surface area contributed by atoms with Crippen LogP contribution in [0, 0.1) is 5.92 Å². The molecular weight excluding hydrogens is 200 g/mol. The second kappa shape index (κ2) is 7.25. The Morgan fingerprint density at radius 2 is 1.94 bits per heavy atom. The zero-order chi connectivity index (χ0) is 12.0. The Kier molecular flexibility index (Phi) is 6.32. The molecule has 0 radical (unpaired) electrons. The fourth-order valence-corrected chi connectivity index (χ4v) is 2.63. The number of hydrogen-bond donors (Lipinski definition) is 2. The van der Waals surface area contributed by atoms with Crippen LogP contribution in [0.2, 0.25) is 0 Å². The van der Waals surface area contributed by atoms with E-state index in [1.807, 2.05) is 0 Å². The molecule has 3 nitrogen and oxygen atoms in total. The average Bonchev–Trinajstić information content (AvgIpc) is 2.29. The molecule has 0 aromatic heterocycles. The van der Waals surface area contributed by atoms with E-state index in [1.165, 1.54) is 32.5 Å². The quantitative estimate of drug-likeness (QED) is 0.722. The van der Waals surface area contributed by atoms with Gasteiger partial charge in [0, 0.05) is 18.7 Å². The number of nitrogens with zero attached hydrogens (tertiary/aromatic N) is 1. The van der Waals surface area contributed by atoms with Crippen molar-refractivity contribution >= 4 is 0 Å². The molecule has 1 saturated heterocycles. The van der Waals surface area contributed by atoms with Crippen molar-refractivity contribution in [1.29, 1.82) is 0 Å². The van der Waals surface area contributed by atoms with E-state index < -0.39 is 0 Å². The van der Waals surface area contributed by atoms with E-state index in [-0.39, 0.29) is 6.61 Å². The molecule has 0 aliphatic carbocycles. The predicted molar refractivity (Wildman–Crippen MR) is 68.6 cm³/mol. The van der Waals surface area contributed by atoms with Crippen LogP contribution in [0.25, 0.3) is 0 Å². The Bertz CT molecular complexity index is 179. The summed E-state index contributed by atoms with van der Waals surface area (Å²) < 4.78 is 0. The Morgan fingerprint density at radius 1 is 1.31 bits per heavy atom. The Balaban J connectivity index is 2.24. The molecule has 2 atom stereocenters. The zero-order valence-electron chi connectivity index (χ0n) is 11.1. The van der Waals surface area contributed by atoms with Gasteiger partial charge in [-0.15, -0.1) is 0 Å². The third kappa shape index (κ3) is 4.40. The van der Waals surface area contributed by atoms with Gasteiger partial charge in [-0.3, -0.25) is 0 Å². The summed E-state index contributed by atoms with van der Waals surface area (Å²) in [6.45, 7) is 10.7. The molecule has 1 rings (SSSR count). The minimum Gasteiger partial charge on any atom is -0.396 e. The summed E-state index contributed by atoms with van der Waals surface area (Å²) in [6, 6.07) is 1.02. The molecule has 2 N–H and O–H groups in total. The van der Waals surface area contributed by atoms with Crippen LogP contribution >= 0.6 is 0 Å². The smallest absolute Gasteiger partial charge is 0.0445 e. The molecule has 0 spiro atoms. The minimum absolute atomic E-state index is 0.287. The van der Waals surface area contributed by atoms with E-state index in [0.717, 1.165) is 12.3 Å². The maximum Gasteiger partial charge on any atom is 0.0445 e. The monoisotopic (exact) mass is 228 g/mol. The fourth-order valence-electron chi connectivity index (χ4n) is 2.63. The lowest BCUT2D eigenvalue weighted by molar-refractivity contribution is 0.161. The molecule has 0 amide bonds. The van der Waals surface area contributed by atoms with Crippen molar-refractivity contribution in [2.45, 2.75) is 52.1 Å². The molecule has 0 aromatic carbocycles. The predicted octanol–water partition coefficient (Wildman–Crippen LogP) is 1.47. The number of aliphatic hydroxyl groups is 1. The van der Waals surface area contributed by atoms with E-state index in [1.54, 1.807) is 0 Å². The van der Waals surface area contributed by atoms with Gasteiger partial charge < -0.3 is 15.3 Å². The van der Waals surface area contributed by atoms with E-state index in [9.17, 15) is 0 Å². The lowest BCUT2D eigenvalue weighted by atomic mass is 9.90. The number of likely N-dealkylation sites (tertiary alicyclic amines) is 1. The number of rotatable bonds is 6. The third-order valence-electron chi connectivity index (χ3n) is 3.90. The highest BCUT2D eigenvalue weighted by Gasteiger charge is 2.23. The highest BCUT2D eigenvalue weighted by atomic mass is 16.3. The van der Waals surface area contributed by atoms with E-state index in [0.29, 0.717) is 12.1 Å². The summed E-state index contributed by atoms with van der Waals surface area (Å²) in [5, 5.41) is 12.5. The first-order chi connectivity index (χ1) is 7.67. The van der Waals surface area contributed by atoms with Crippen LogP contribution in [0.4, 0.5) is 0 Å². The number of nitrogens with one attached hydrogen (secondary N) is 1. The average molecular weight is 228 g/mol. The van der Waals surface area contributed by atoms with Gasteiger partial charge in [0.2, 0.25) is 0 Å². The Morgan fingerprint density at radius 3 is 2.44 bits per heavy atom. The summed E-state index contributed by atoms with van der Waals surface area (Å²) in [6.07, 6.45) is 3.49. The molecule has 96 valence electrons. The Labute approximate surface area is 100 Å². The first-order valence-electron chi connectivity index (χ1n) is 6.76. The summed E-state index contributed by atoms with van der Waals surface area (Å²) in [4.78, 5) is 2.53. The van der Waals surface area contributed by atoms with Crippen LogP contribution in [-0.4, -0.2) is 48.3 Å². The molecular formula is C13H28N2O. The zero-order valence-corrected chi connectivity index (χ0v) is 11.1. The molecule has 2 unspecified atom stereocenters. The normalized spacial score (nSPS) is 23.2. The molecule has 16 heavy (non-hydrogen) atoms. The van der Waals surface area contributed by atoms with Gasteiger partial charge in [0.15, 0.2) is 0 Å². The Hall–Kier alpha value is -0.120. The van der Waals surface area contributed by atoms with E-state index in [2.05, 4.69) is 31.0 Å². The van der Waals surface area contributed by atoms with Gasteiger partial charge in [-0.25, -0.2) is 0 Å². The minimum atomic E-state index is 0.287. The van der Waals surface area contributed by atoms with Crippen LogP contribution in [0.5, 0.6) is 0 Å². The lowest BCUT2D eigenvalue weighted by Gasteiger charge is -2.35. The first-order valence-corrected chi connectivity index (χ1v) is 6.76. The van der Waals surface area contributed by atoms with Crippen molar-refractivity contribution in [3.63, 3.8) is 0 Å². The van der Waals surface area contributed by atoms with Gasteiger partial charge in [-0.1, -0.05) is 6.92 Å². The van der Waals surface area contributed by atoms with Crippen LogP contribution in [0.15, 0.2) is 0 Å². The molecule has 3 heteroatoms. The van der Waals surface area contributed by atoms with Gasteiger partial charge in [0.1, 0.15) is 0 Å². The van der Waals surface area contributed by atoms with E-state index >= 15 is 0 Å². The molecule has 1 aliphatic rings. The topological polar surface area (TPSA) is 35.5 Å². The summed E-state index contributed by atoms with van der Waals surface area (Å²) in [7, 11) is 0. The molecule has 1 fully saturated rings. The fraction of sp³-hybridized carbons (Fsp3) is 1.00. The van der Waals surface area contributed by atoms with Crippen molar-refractivity contribution in [2.75, 3.05) is 26.2 Å².